The average Bonchev–Trinajstić information content (AvgIpc) is 3.25. The molecule has 0 aliphatic carbocycles. The van der Waals surface area contributed by atoms with Crippen LogP contribution in [0.15, 0.2) is 55.0 Å². The molecule has 0 radical (unpaired) electrons. The molecule has 8 nitrogen and oxygen atoms in total. The van der Waals surface area contributed by atoms with E-state index in [1.165, 1.54) is 25.1 Å². The number of imidazole rings is 1. The van der Waals surface area contributed by atoms with Crippen molar-refractivity contribution in [3.05, 3.63) is 77.8 Å². The van der Waals surface area contributed by atoms with Gasteiger partial charge in [0.05, 0.1) is 24.6 Å². The van der Waals surface area contributed by atoms with Gasteiger partial charge in [0.2, 0.25) is 0 Å². The van der Waals surface area contributed by atoms with Crippen LogP contribution in [0.1, 0.15) is 15.9 Å². The number of halogens is 2. The van der Waals surface area contributed by atoms with Crippen LogP contribution >= 0.6 is 0 Å². The van der Waals surface area contributed by atoms with Crippen LogP contribution in [0, 0.1) is 18.6 Å². The molecule has 4 aromatic rings. The number of aromatic nitrogens is 3. The summed E-state index contributed by atoms with van der Waals surface area (Å²) in [6.07, 6.45) is 4.21. The van der Waals surface area contributed by atoms with Crippen molar-refractivity contribution >= 4 is 29.2 Å². The SMILES string of the molecule is COC(=O)Nc1ccc(-c2cnc3c(C)cc(C(=O)N(C)c4ccc(F)c(F)c4)cn23)cn1. The number of benzene rings is 1. The third-order valence-corrected chi connectivity index (χ3v) is 5.11. The highest BCUT2D eigenvalue weighted by Crippen LogP contribution is 2.25. The Morgan fingerprint density at radius 1 is 1.06 bits per heavy atom. The van der Waals surface area contributed by atoms with Gasteiger partial charge in [-0.3, -0.25) is 14.5 Å². The van der Waals surface area contributed by atoms with Gasteiger partial charge in [0, 0.05) is 36.8 Å². The number of carbonyl (C=O) groups excluding carboxylic acids is 2. The zero-order valence-corrected chi connectivity index (χ0v) is 18.0. The summed E-state index contributed by atoms with van der Waals surface area (Å²) in [6, 6.07) is 8.33. The standard InChI is InChI=1S/C23H19F2N5O3/c1-13-8-15(22(31)29(2)16-5-6-17(24)18(25)9-16)12-30-19(11-27-21(13)30)14-4-7-20(26-10-14)28-23(32)33-3/h4-12H,1-3H3,(H,26,28,32). The normalized spacial score (nSPS) is 10.8. The maximum absolute atomic E-state index is 13.6. The van der Waals surface area contributed by atoms with Crippen molar-refractivity contribution in [3.8, 4) is 11.3 Å². The summed E-state index contributed by atoms with van der Waals surface area (Å²) in [5.74, 6) is -2.10. The van der Waals surface area contributed by atoms with Gasteiger partial charge in [0.15, 0.2) is 11.6 Å². The van der Waals surface area contributed by atoms with Crippen LogP contribution in [0.5, 0.6) is 0 Å². The first-order chi connectivity index (χ1) is 15.8. The number of ether oxygens (including phenoxy) is 1. The van der Waals surface area contributed by atoms with Crippen LogP contribution in [-0.2, 0) is 4.74 Å². The molecule has 0 unspecified atom stereocenters. The number of hydrogen-bond donors (Lipinski definition) is 1. The van der Waals surface area contributed by atoms with Gasteiger partial charge in [0.25, 0.3) is 5.91 Å². The van der Waals surface area contributed by atoms with Crippen LogP contribution < -0.4 is 10.2 Å². The Labute approximate surface area is 187 Å². The Hall–Kier alpha value is -4.34. The molecule has 2 amide bonds. The van der Waals surface area contributed by atoms with Crippen molar-refractivity contribution in [2.45, 2.75) is 6.92 Å². The fourth-order valence-corrected chi connectivity index (χ4v) is 3.37. The summed E-state index contributed by atoms with van der Waals surface area (Å²) in [5, 5.41) is 2.47. The highest BCUT2D eigenvalue weighted by molar-refractivity contribution is 6.06. The zero-order valence-electron chi connectivity index (χ0n) is 18.0. The van der Waals surface area contributed by atoms with Crippen molar-refractivity contribution < 1.29 is 23.1 Å². The highest BCUT2D eigenvalue weighted by Gasteiger charge is 2.18. The van der Waals surface area contributed by atoms with Crippen molar-refractivity contribution in [2.24, 2.45) is 0 Å². The maximum Gasteiger partial charge on any atom is 0.412 e. The first kappa shape index (κ1) is 21.9. The van der Waals surface area contributed by atoms with Gasteiger partial charge in [-0.25, -0.2) is 23.5 Å². The third-order valence-electron chi connectivity index (χ3n) is 5.11. The van der Waals surface area contributed by atoms with Crippen LogP contribution in [0.4, 0.5) is 25.1 Å². The number of anilines is 2. The number of fused-ring (bicyclic) bond motifs is 1. The lowest BCUT2D eigenvalue weighted by molar-refractivity contribution is 0.0992. The predicted octanol–water partition coefficient (Wildman–Crippen LogP) is 4.44. The van der Waals surface area contributed by atoms with Crippen LogP contribution in [0.25, 0.3) is 16.9 Å². The molecule has 168 valence electrons. The molecule has 3 aromatic heterocycles. The summed E-state index contributed by atoms with van der Waals surface area (Å²) >= 11 is 0. The van der Waals surface area contributed by atoms with Crippen molar-refractivity contribution in [3.63, 3.8) is 0 Å². The topological polar surface area (TPSA) is 88.8 Å². The zero-order chi connectivity index (χ0) is 23.7. The summed E-state index contributed by atoms with van der Waals surface area (Å²) in [4.78, 5) is 34.3. The van der Waals surface area contributed by atoms with Crippen LogP contribution in [0.2, 0.25) is 0 Å². The van der Waals surface area contributed by atoms with E-state index in [1.807, 2.05) is 6.92 Å². The predicted molar refractivity (Wildman–Crippen MR) is 118 cm³/mol. The van der Waals surface area contributed by atoms with Gasteiger partial charge in [0.1, 0.15) is 11.5 Å². The molecule has 10 heteroatoms. The lowest BCUT2D eigenvalue weighted by atomic mass is 10.1. The molecule has 0 fully saturated rings. The molecule has 0 saturated carbocycles. The molecular weight excluding hydrogens is 432 g/mol. The van der Waals surface area contributed by atoms with Gasteiger partial charge in [-0.15, -0.1) is 0 Å². The number of carbonyl (C=O) groups is 2. The first-order valence-corrected chi connectivity index (χ1v) is 9.80. The lowest BCUT2D eigenvalue weighted by Gasteiger charge is -2.18. The van der Waals surface area contributed by atoms with Crippen LogP contribution in [-0.4, -0.2) is 40.5 Å². The Balaban J connectivity index is 1.69. The van der Waals surface area contributed by atoms with Crippen molar-refractivity contribution in [1.82, 2.24) is 14.4 Å². The minimum atomic E-state index is -1.03. The van der Waals surface area contributed by atoms with E-state index in [0.29, 0.717) is 28.3 Å². The second-order valence-electron chi connectivity index (χ2n) is 7.26. The Morgan fingerprint density at radius 2 is 1.85 bits per heavy atom. The molecule has 1 aromatic carbocycles. The van der Waals surface area contributed by atoms with Crippen molar-refractivity contribution in [1.29, 1.82) is 0 Å². The minimum absolute atomic E-state index is 0.223. The number of nitrogens with zero attached hydrogens (tertiary/aromatic N) is 4. The lowest BCUT2D eigenvalue weighted by Crippen LogP contribution is -2.26. The molecule has 0 saturated heterocycles. The molecule has 0 aliphatic heterocycles. The molecule has 0 bridgehead atoms. The molecule has 0 atom stereocenters. The number of hydrogen-bond acceptors (Lipinski definition) is 5. The van der Waals surface area contributed by atoms with E-state index in [2.05, 4.69) is 20.0 Å². The van der Waals surface area contributed by atoms with Gasteiger partial charge in [-0.1, -0.05) is 0 Å². The second-order valence-corrected chi connectivity index (χ2v) is 7.26. The highest BCUT2D eigenvalue weighted by atomic mass is 19.2. The quantitative estimate of drug-likeness (QED) is 0.496. The monoisotopic (exact) mass is 451 g/mol. The molecule has 3 heterocycles. The molecule has 4 rings (SSSR count). The van der Waals surface area contributed by atoms with E-state index in [1.54, 1.807) is 41.2 Å². The number of amides is 2. The Bertz CT molecular complexity index is 1370. The molecule has 33 heavy (non-hydrogen) atoms. The van der Waals surface area contributed by atoms with Gasteiger partial charge < -0.3 is 9.64 Å². The molecule has 0 aliphatic rings. The number of nitrogens with one attached hydrogen (secondary N) is 1. The summed E-state index contributed by atoms with van der Waals surface area (Å²) in [6.45, 7) is 1.82. The fraction of sp³-hybridized carbons (Fsp3) is 0.130. The summed E-state index contributed by atoms with van der Waals surface area (Å²) in [7, 11) is 2.74. The van der Waals surface area contributed by atoms with E-state index < -0.39 is 23.6 Å². The Kier molecular flexibility index (Phi) is 5.74. The summed E-state index contributed by atoms with van der Waals surface area (Å²) < 4.78 is 33.2. The van der Waals surface area contributed by atoms with Gasteiger partial charge >= 0.3 is 6.09 Å². The number of pyridine rings is 2. The molecule has 0 spiro atoms. The van der Waals surface area contributed by atoms with E-state index >= 15 is 0 Å². The van der Waals surface area contributed by atoms with Crippen LogP contribution in [0.3, 0.4) is 0 Å². The first-order valence-electron chi connectivity index (χ1n) is 9.80. The van der Waals surface area contributed by atoms with Crippen molar-refractivity contribution in [2.75, 3.05) is 24.4 Å². The smallest absolute Gasteiger partial charge is 0.412 e. The molecular formula is C23H19F2N5O3. The number of aryl methyl sites for hydroxylation is 1. The molecule has 1 N–H and O–H groups in total. The van der Waals surface area contributed by atoms with Gasteiger partial charge in [-0.05, 0) is 42.8 Å². The minimum Gasteiger partial charge on any atom is -0.453 e. The van der Waals surface area contributed by atoms with E-state index in [-0.39, 0.29) is 5.69 Å². The average molecular weight is 451 g/mol. The number of methoxy groups -OCH3 is 1. The second kappa shape index (κ2) is 8.65. The van der Waals surface area contributed by atoms with E-state index in [4.69, 9.17) is 0 Å². The van der Waals surface area contributed by atoms with E-state index in [0.717, 1.165) is 17.7 Å². The Morgan fingerprint density at radius 3 is 2.52 bits per heavy atom. The van der Waals surface area contributed by atoms with E-state index in [9.17, 15) is 18.4 Å². The fourth-order valence-electron chi connectivity index (χ4n) is 3.37. The number of rotatable bonds is 4. The largest absolute Gasteiger partial charge is 0.453 e. The summed E-state index contributed by atoms with van der Waals surface area (Å²) in [5.41, 5.74) is 3.34. The van der Waals surface area contributed by atoms with Gasteiger partial charge in [-0.2, -0.15) is 0 Å². The maximum atomic E-state index is 13.6. The third kappa shape index (κ3) is 4.22.